The van der Waals surface area contributed by atoms with E-state index in [1.807, 2.05) is 0 Å². The van der Waals surface area contributed by atoms with E-state index in [-0.39, 0.29) is 16.3 Å². The molecule has 1 aromatic heterocycles. The van der Waals surface area contributed by atoms with Gasteiger partial charge in [-0.1, -0.05) is 23.2 Å². The summed E-state index contributed by atoms with van der Waals surface area (Å²) in [6.45, 7) is 0.547. The van der Waals surface area contributed by atoms with Crippen LogP contribution in [-0.2, 0) is 4.79 Å². The van der Waals surface area contributed by atoms with Gasteiger partial charge in [0.15, 0.2) is 0 Å². The zero-order chi connectivity index (χ0) is 11.0. The van der Waals surface area contributed by atoms with Crippen LogP contribution in [0.2, 0.25) is 10.2 Å². The first-order valence-corrected chi connectivity index (χ1v) is 5.65. The molecule has 1 saturated heterocycles. The average Bonchev–Trinajstić information content (AvgIpc) is 2.43. The van der Waals surface area contributed by atoms with Crippen LogP contribution in [0.3, 0.4) is 0 Å². The van der Waals surface area contributed by atoms with E-state index in [4.69, 9.17) is 23.2 Å². The minimum absolute atomic E-state index is 0.000772. The molecule has 0 spiro atoms. The number of carbonyl (C=O) groups is 1. The van der Waals surface area contributed by atoms with Gasteiger partial charge in [0.2, 0.25) is 5.91 Å². The Morgan fingerprint density at radius 1 is 1.47 bits per heavy atom. The first kappa shape index (κ1) is 11.0. The lowest BCUT2D eigenvalue weighted by Gasteiger charge is -2.15. The minimum Gasteiger partial charge on any atom is -0.296 e. The third kappa shape index (κ3) is 2.38. The van der Waals surface area contributed by atoms with Gasteiger partial charge < -0.3 is 0 Å². The van der Waals surface area contributed by atoms with Gasteiger partial charge in [-0.3, -0.25) is 9.69 Å². The second kappa shape index (κ2) is 4.20. The van der Waals surface area contributed by atoms with Crippen LogP contribution in [0.4, 0.5) is 5.82 Å². The highest BCUT2D eigenvalue weighted by atomic mass is 35.5. The van der Waals surface area contributed by atoms with Gasteiger partial charge in [-0.15, -0.1) is 0 Å². The Morgan fingerprint density at radius 2 is 2.20 bits per heavy atom. The molecule has 0 aliphatic carbocycles. The van der Waals surface area contributed by atoms with Gasteiger partial charge in [0.25, 0.3) is 0 Å². The fraction of sp³-hybridized carbons (Fsp3) is 0.333. The van der Waals surface area contributed by atoms with E-state index in [0.29, 0.717) is 23.8 Å². The number of hydrogen-bond acceptors (Lipinski definition) is 3. The smallest absolute Gasteiger partial charge is 0.229 e. The number of thiol groups is 1. The number of halogens is 2. The van der Waals surface area contributed by atoms with Crippen molar-refractivity contribution in [2.75, 3.05) is 11.4 Å². The number of nitrogens with zero attached hydrogens (tertiary/aromatic N) is 2. The summed E-state index contributed by atoms with van der Waals surface area (Å²) in [7, 11) is 0. The fourth-order valence-electron chi connectivity index (χ4n) is 1.50. The standard InChI is InChI=1S/C9H8Cl2N2OS/c10-5-1-7(11)12-8(2-5)13-4-6(15)3-9(13)14/h1-2,6,15H,3-4H2. The zero-order valence-corrected chi connectivity index (χ0v) is 10.1. The second-order valence-corrected chi connectivity index (χ2v) is 4.88. The minimum atomic E-state index is 0.000772. The number of carbonyl (C=O) groups excluding carboxylic acids is 1. The zero-order valence-electron chi connectivity index (χ0n) is 7.65. The summed E-state index contributed by atoms with van der Waals surface area (Å²) >= 11 is 15.8. The van der Waals surface area contributed by atoms with Crippen LogP contribution in [0, 0.1) is 0 Å². The first-order valence-electron chi connectivity index (χ1n) is 4.38. The van der Waals surface area contributed by atoms with Gasteiger partial charge in [-0.2, -0.15) is 12.6 Å². The molecule has 1 unspecified atom stereocenters. The van der Waals surface area contributed by atoms with E-state index in [9.17, 15) is 4.79 Å². The van der Waals surface area contributed by atoms with Gasteiger partial charge in [0, 0.05) is 23.2 Å². The molecule has 1 amide bonds. The molecule has 1 atom stereocenters. The summed E-state index contributed by atoms with van der Waals surface area (Å²) in [5.74, 6) is 0.495. The number of amides is 1. The predicted octanol–water partition coefficient (Wildman–Crippen LogP) is 2.42. The fourth-order valence-corrected chi connectivity index (χ4v) is 2.28. The van der Waals surface area contributed by atoms with Crippen LogP contribution in [0.5, 0.6) is 0 Å². The molecule has 0 saturated carbocycles. The lowest BCUT2D eigenvalue weighted by molar-refractivity contribution is -0.117. The van der Waals surface area contributed by atoms with E-state index < -0.39 is 0 Å². The molecule has 0 aromatic carbocycles. The molecule has 0 bridgehead atoms. The summed E-state index contributed by atoms with van der Waals surface area (Å²) < 4.78 is 0. The van der Waals surface area contributed by atoms with Crippen molar-refractivity contribution in [1.29, 1.82) is 0 Å². The van der Waals surface area contributed by atoms with Crippen molar-refractivity contribution in [3.8, 4) is 0 Å². The summed E-state index contributed by atoms with van der Waals surface area (Å²) in [5.41, 5.74) is 0. The van der Waals surface area contributed by atoms with E-state index >= 15 is 0 Å². The first-order chi connectivity index (χ1) is 7.06. The lowest BCUT2D eigenvalue weighted by atomic mass is 10.4. The SMILES string of the molecule is O=C1CC(S)CN1c1cc(Cl)cc(Cl)n1. The lowest BCUT2D eigenvalue weighted by Crippen LogP contribution is -2.25. The van der Waals surface area contributed by atoms with Gasteiger partial charge in [0.1, 0.15) is 11.0 Å². The predicted molar refractivity (Wildman–Crippen MR) is 64.0 cm³/mol. The molecule has 6 heteroatoms. The molecule has 3 nitrogen and oxygen atoms in total. The molecule has 1 aromatic rings. The molecule has 2 heterocycles. The Kier molecular flexibility index (Phi) is 3.09. The average molecular weight is 263 g/mol. The van der Waals surface area contributed by atoms with Crippen LogP contribution in [0.25, 0.3) is 0 Å². The molecule has 15 heavy (non-hydrogen) atoms. The molecule has 2 rings (SSSR count). The Bertz CT molecular complexity index is 393. The number of pyridine rings is 1. The maximum Gasteiger partial charge on any atom is 0.229 e. The maximum atomic E-state index is 11.6. The van der Waals surface area contributed by atoms with Crippen molar-refractivity contribution >= 4 is 47.6 Å². The van der Waals surface area contributed by atoms with E-state index in [1.54, 1.807) is 11.0 Å². The van der Waals surface area contributed by atoms with Crippen molar-refractivity contribution in [2.45, 2.75) is 11.7 Å². The van der Waals surface area contributed by atoms with Crippen LogP contribution in [0.15, 0.2) is 12.1 Å². The van der Waals surface area contributed by atoms with E-state index in [2.05, 4.69) is 17.6 Å². The summed E-state index contributed by atoms with van der Waals surface area (Å²) in [4.78, 5) is 17.2. The monoisotopic (exact) mass is 262 g/mol. The number of hydrogen-bond donors (Lipinski definition) is 1. The molecule has 0 radical (unpaired) electrons. The highest BCUT2D eigenvalue weighted by Crippen LogP contribution is 2.26. The number of aromatic nitrogens is 1. The second-order valence-electron chi connectivity index (χ2n) is 3.33. The van der Waals surface area contributed by atoms with E-state index in [1.165, 1.54) is 6.07 Å². The van der Waals surface area contributed by atoms with Crippen molar-refractivity contribution in [1.82, 2.24) is 4.98 Å². The van der Waals surface area contributed by atoms with Crippen molar-refractivity contribution in [3.63, 3.8) is 0 Å². The third-order valence-corrected chi connectivity index (χ3v) is 2.88. The number of anilines is 1. The molecule has 1 aliphatic rings. The molecule has 0 N–H and O–H groups in total. The third-order valence-electron chi connectivity index (χ3n) is 2.13. The van der Waals surface area contributed by atoms with Gasteiger partial charge in [0.05, 0.1) is 0 Å². The number of rotatable bonds is 1. The van der Waals surface area contributed by atoms with Gasteiger partial charge in [-0.05, 0) is 12.1 Å². The summed E-state index contributed by atoms with van der Waals surface area (Å²) in [6.07, 6.45) is 0.426. The van der Waals surface area contributed by atoms with Crippen molar-refractivity contribution < 1.29 is 4.79 Å². The molecule has 80 valence electrons. The topological polar surface area (TPSA) is 33.2 Å². The maximum absolute atomic E-state index is 11.6. The van der Waals surface area contributed by atoms with Crippen LogP contribution >= 0.6 is 35.8 Å². The van der Waals surface area contributed by atoms with Crippen LogP contribution in [0.1, 0.15) is 6.42 Å². The summed E-state index contributed by atoms with van der Waals surface area (Å²) in [5, 5.41) is 0.811. The Hall–Kier alpha value is -0.450. The largest absolute Gasteiger partial charge is 0.296 e. The van der Waals surface area contributed by atoms with Gasteiger partial charge >= 0.3 is 0 Å². The van der Waals surface area contributed by atoms with Crippen LogP contribution in [-0.4, -0.2) is 22.7 Å². The molecule has 1 aliphatic heterocycles. The quantitative estimate of drug-likeness (QED) is 0.623. The van der Waals surface area contributed by atoms with Crippen LogP contribution < -0.4 is 4.90 Å². The molecule has 1 fully saturated rings. The summed E-state index contributed by atoms with van der Waals surface area (Å²) in [6, 6.07) is 3.16. The Balaban J connectivity index is 2.33. The highest BCUT2D eigenvalue weighted by molar-refractivity contribution is 7.81. The van der Waals surface area contributed by atoms with E-state index in [0.717, 1.165) is 0 Å². The molecular weight excluding hydrogens is 255 g/mol. The van der Waals surface area contributed by atoms with Crippen molar-refractivity contribution in [3.05, 3.63) is 22.3 Å². The molecular formula is C9H8Cl2N2OS. The van der Waals surface area contributed by atoms with Crippen molar-refractivity contribution in [2.24, 2.45) is 0 Å². The van der Waals surface area contributed by atoms with Gasteiger partial charge in [-0.25, -0.2) is 4.98 Å². The Morgan fingerprint density at radius 3 is 2.73 bits per heavy atom. The Labute approximate surface area is 103 Å². The normalized spacial score (nSPS) is 21.1. The highest BCUT2D eigenvalue weighted by Gasteiger charge is 2.29.